The first-order chi connectivity index (χ1) is 12.9. The van der Waals surface area contributed by atoms with E-state index in [1.807, 2.05) is 12.1 Å². The molecule has 0 unspecified atom stereocenters. The maximum absolute atomic E-state index is 12.5. The number of benzene rings is 1. The van der Waals surface area contributed by atoms with Crippen molar-refractivity contribution in [3.63, 3.8) is 0 Å². The van der Waals surface area contributed by atoms with E-state index >= 15 is 0 Å². The number of nitrogens with zero attached hydrogens (tertiary/aromatic N) is 3. The average Bonchev–Trinajstić information content (AvgIpc) is 3.10. The molecular formula is C17H16Cl2N4O2S2. The minimum atomic E-state index is -3.80. The summed E-state index contributed by atoms with van der Waals surface area (Å²) in [5, 5.41) is 8.62. The summed E-state index contributed by atoms with van der Waals surface area (Å²) in [6, 6.07) is 8.42. The predicted molar refractivity (Wildman–Crippen MR) is 108 cm³/mol. The number of halogens is 2. The molecule has 0 saturated carbocycles. The highest BCUT2D eigenvalue weighted by molar-refractivity contribution is 7.93. The lowest BCUT2D eigenvalue weighted by Crippen LogP contribution is -2.12. The number of anilines is 1. The van der Waals surface area contributed by atoms with Gasteiger partial charge < -0.3 is 4.57 Å². The number of aryl methyl sites for hydroxylation is 1. The first-order valence-corrected chi connectivity index (χ1v) is 11.5. The highest BCUT2D eigenvalue weighted by Crippen LogP contribution is 2.35. The molecule has 0 radical (unpaired) electrons. The summed E-state index contributed by atoms with van der Waals surface area (Å²) in [4.78, 5) is -0.0222. The van der Waals surface area contributed by atoms with Crippen LogP contribution in [0.1, 0.15) is 25.1 Å². The number of sulfonamides is 1. The van der Waals surface area contributed by atoms with Crippen molar-refractivity contribution in [1.29, 1.82) is 0 Å². The molecule has 10 heteroatoms. The van der Waals surface area contributed by atoms with Gasteiger partial charge in [-0.15, -0.1) is 21.5 Å². The zero-order chi connectivity index (χ0) is 19.0. The van der Waals surface area contributed by atoms with Crippen LogP contribution in [0.3, 0.4) is 0 Å². The fraction of sp³-hybridized carbons (Fsp3) is 0.294. The number of hydrogen-bond acceptors (Lipinski definition) is 5. The van der Waals surface area contributed by atoms with Crippen LogP contribution >= 0.6 is 34.5 Å². The molecule has 0 saturated heterocycles. The fourth-order valence-electron chi connectivity index (χ4n) is 3.10. The summed E-state index contributed by atoms with van der Waals surface area (Å²) in [7, 11) is -3.80. The van der Waals surface area contributed by atoms with Gasteiger partial charge in [-0.25, -0.2) is 8.42 Å². The summed E-state index contributed by atoms with van der Waals surface area (Å²) in [6.45, 7) is 0.906. The number of hydrogen-bond donors (Lipinski definition) is 1. The Hall–Kier alpha value is -1.61. The number of rotatable bonds is 4. The van der Waals surface area contributed by atoms with Crippen LogP contribution in [-0.4, -0.2) is 23.2 Å². The summed E-state index contributed by atoms with van der Waals surface area (Å²) in [6.07, 6.45) is 4.38. The van der Waals surface area contributed by atoms with E-state index in [9.17, 15) is 8.42 Å². The SMILES string of the molecule is O=S(=O)(Nc1ccc(-c2nnc3n2CCCCC3)cc1)c1cc(Cl)sc1Cl. The number of aromatic nitrogens is 3. The topological polar surface area (TPSA) is 76.9 Å². The van der Waals surface area contributed by atoms with Crippen LogP contribution in [0, 0.1) is 0 Å². The lowest BCUT2D eigenvalue weighted by atomic mass is 10.2. The zero-order valence-corrected chi connectivity index (χ0v) is 17.3. The van der Waals surface area contributed by atoms with E-state index in [0.717, 1.165) is 54.4 Å². The molecular weight excluding hydrogens is 427 g/mol. The molecule has 0 fully saturated rings. The van der Waals surface area contributed by atoms with Gasteiger partial charge in [0.15, 0.2) is 5.82 Å². The molecule has 1 N–H and O–H groups in total. The molecule has 2 aromatic heterocycles. The number of fused-ring (bicyclic) bond motifs is 1. The van der Waals surface area contributed by atoms with Gasteiger partial charge in [0.05, 0.1) is 4.34 Å². The molecule has 142 valence electrons. The van der Waals surface area contributed by atoms with Crippen molar-refractivity contribution in [2.24, 2.45) is 0 Å². The van der Waals surface area contributed by atoms with Crippen molar-refractivity contribution in [2.45, 2.75) is 37.1 Å². The van der Waals surface area contributed by atoms with Crippen molar-refractivity contribution in [1.82, 2.24) is 14.8 Å². The first kappa shape index (κ1) is 18.7. The lowest BCUT2D eigenvalue weighted by molar-refractivity contribution is 0.601. The minimum absolute atomic E-state index is 0.0222. The van der Waals surface area contributed by atoms with E-state index in [1.165, 1.54) is 12.5 Å². The Bertz CT molecular complexity index is 1080. The van der Waals surface area contributed by atoms with Crippen LogP contribution in [0.2, 0.25) is 8.67 Å². The van der Waals surface area contributed by atoms with Crippen LogP contribution in [0.5, 0.6) is 0 Å². The maximum atomic E-state index is 12.5. The second-order valence-electron chi connectivity index (χ2n) is 6.27. The Morgan fingerprint density at radius 2 is 1.85 bits per heavy atom. The number of thiophene rings is 1. The molecule has 1 aliphatic rings. The van der Waals surface area contributed by atoms with E-state index in [-0.39, 0.29) is 9.23 Å². The van der Waals surface area contributed by atoms with Gasteiger partial charge in [-0.3, -0.25) is 4.72 Å². The van der Waals surface area contributed by atoms with E-state index in [1.54, 1.807) is 12.1 Å². The third-order valence-electron chi connectivity index (χ3n) is 4.42. The zero-order valence-electron chi connectivity index (χ0n) is 14.2. The molecule has 0 atom stereocenters. The summed E-state index contributed by atoms with van der Waals surface area (Å²) in [5.74, 6) is 1.82. The molecule has 0 bridgehead atoms. The molecule has 27 heavy (non-hydrogen) atoms. The van der Waals surface area contributed by atoms with Crippen molar-refractivity contribution in [3.8, 4) is 11.4 Å². The van der Waals surface area contributed by atoms with Crippen LogP contribution in [-0.2, 0) is 23.0 Å². The monoisotopic (exact) mass is 442 g/mol. The van der Waals surface area contributed by atoms with E-state index < -0.39 is 10.0 Å². The van der Waals surface area contributed by atoms with Gasteiger partial charge in [0.2, 0.25) is 0 Å². The van der Waals surface area contributed by atoms with Crippen LogP contribution in [0.15, 0.2) is 35.2 Å². The van der Waals surface area contributed by atoms with Gasteiger partial charge in [-0.2, -0.15) is 0 Å². The van der Waals surface area contributed by atoms with Crippen molar-refractivity contribution in [2.75, 3.05) is 4.72 Å². The highest BCUT2D eigenvalue weighted by atomic mass is 35.5. The lowest BCUT2D eigenvalue weighted by Gasteiger charge is -2.09. The Labute approximate surface area is 171 Å². The molecule has 4 rings (SSSR count). The molecule has 3 aromatic rings. The Balaban J connectivity index is 1.58. The van der Waals surface area contributed by atoms with Crippen molar-refractivity contribution in [3.05, 3.63) is 44.8 Å². The normalized spacial score (nSPS) is 14.6. The molecule has 1 aliphatic heterocycles. The van der Waals surface area contributed by atoms with Crippen LogP contribution in [0.25, 0.3) is 11.4 Å². The third-order valence-corrected chi connectivity index (χ3v) is 7.55. The second kappa shape index (κ2) is 7.43. The Morgan fingerprint density at radius 1 is 1.07 bits per heavy atom. The van der Waals surface area contributed by atoms with Crippen molar-refractivity contribution >= 4 is 50.2 Å². The van der Waals surface area contributed by atoms with Crippen molar-refractivity contribution < 1.29 is 8.42 Å². The van der Waals surface area contributed by atoms with Gasteiger partial charge in [0.25, 0.3) is 10.0 Å². The van der Waals surface area contributed by atoms with E-state index in [2.05, 4.69) is 19.5 Å². The van der Waals surface area contributed by atoms with Gasteiger partial charge in [-0.1, -0.05) is 29.6 Å². The number of nitrogens with one attached hydrogen (secondary N) is 1. The fourth-order valence-corrected chi connectivity index (χ4v) is 6.31. The Morgan fingerprint density at radius 3 is 2.56 bits per heavy atom. The van der Waals surface area contributed by atoms with Gasteiger partial charge in [-0.05, 0) is 43.2 Å². The second-order valence-corrected chi connectivity index (χ2v) is 10.2. The molecule has 1 aromatic carbocycles. The molecule has 6 nitrogen and oxygen atoms in total. The third kappa shape index (κ3) is 3.85. The quantitative estimate of drug-likeness (QED) is 0.626. The highest BCUT2D eigenvalue weighted by Gasteiger charge is 2.21. The predicted octanol–water partition coefficient (Wildman–Crippen LogP) is 4.84. The summed E-state index contributed by atoms with van der Waals surface area (Å²) in [5.41, 5.74) is 1.34. The molecule has 3 heterocycles. The Kier molecular flexibility index (Phi) is 5.15. The van der Waals surface area contributed by atoms with Crippen LogP contribution in [0.4, 0.5) is 5.69 Å². The smallest absolute Gasteiger partial charge is 0.264 e. The first-order valence-electron chi connectivity index (χ1n) is 8.44. The average molecular weight is 443 g/mol. The van der Waals surface area contributed by atoms with E-state index in [0.29, 0.717) is 10.0 Å². The largest absolute Gasteiger partial charge is 0.311 e. The standard InChI is InChI=1S/C17H16Cl2N4O2S2/c18-14-10-13(16(19)26-14)27(24,25)22-12-7-5-11(6-8-12)17-21-20-15-4-2-1-3-9-23(15)17/h5-8,10,22H,1-4,9H2. The van der Waals surface area contributed by atoms with Gasteiger partial charge in [0, 0.05) is 24.2 Å². The van der Waals surface area contributed by atoms with Gasteiger partial charge >= 0.3 is 0 Å². The van der Waals surface area contributed by atoms with Crippen LogP contribution < -0.4 is 4.72 Å². The van der Waals surface area contributed by atoms with E-state index in [4.69, 9.17) is 23.2 Å². The van der Waals surface area contributed by atoms with Gasteiger partial charge in [0.1, 0.15) is 15.1 Å². The molecule has 0 amide bonds. The molecule has 0 aliphatic carbocycles. The summed E-state index contributed by atoms with van der Waals surface area (Å²) >= 11 is 12.8. The summed E-state index contributed by atoms with van der Waals surface area (Å²) < 4.78 is 30.1. The minimum Gasteiger partial charge on any atom is -0.311 e. The molecule has 0 spiro atoms. The maximum Gasteiger partial charge on any atom is 0.264 e.